The van der Waals surface area contributed by atoms with E-state index in [2.05, 4.69) is 27.0 Å². The minimum Gasteiger partial charge on any atom is -0.459 e. The van der Waals surface area contributed by atoms with E-state index in [-0.39, 0.29) is 17.5 Å². The van der Waals surface area contributed by atoms with Gasteiger partial charge in [-0.3, -0.25) is 14.7 Å². The quantitative estimate of drug-likeness (QED) is 0.590. The Bertz CT molecular complexity index is 1110. The van der Waals surface area contributed by atoms with Crippen LogP contribution in [0.15, 0.2) is 51.8 Å². The van der Waals surface area contributed by atoms with Gasteiger partial charge in [0.15, 0.2) is 5.76 Å². The van der Waals surface area contributed by atoms with Gasteiger partial charge in [0, 0.05) is 64.1 Å². The van der Waals surface area contributed by atoms with Crippen LogP contribution in [0.2, 0.25) is 0 Å². The van der Waals surface area contributed by atoms with Gasteiger partial charge >= 0.3 is 0 Å². The average molecular weight is 447 g/mol. The van der Waals surface area contributed by atoms with Gasteiger partial charge in [0.05, 0.1) is 6.26 Å². The third kappa shape index (κ3) is 4.61. The number of aromatic nitrogens is 2. The summed E-state index contributed by atoms with van der Waals surface area (Å²) in [4.78, 5) is 27.9. The Kier molecular flexibility index (Phi) is 6.09. The molecule has 2 fully saturated rings. The molecule has 5 heterocycles. The fourth-order valence-electron chi connectivity index (χ4n) is 4.57. The van der Waals surface area contributed by atoms with Crippen LogP contribution in [-0.2, 0) is 11.3 Å². The van der Waals surface area contributed by atoms with Crippen LogP contribution in [0.3, 0.4) is 0 Å². The largest absolute Gasteiger partial charge is 0.459 e. The molecule has 0 atom stereocenters. The van der Waals surface area contributed by atoms with Crippen LogP contribution < -0.4 is 4.90 Å². The zero-order valence-electron chi connectivity index (χ0n) is 18.4. The van der Waals surface area contributed by atoms with Crippen LogP contribution >= 0.6 is 0 Å². The second-order valence-corrected chi connectivity index (χ2v) is 8.49. The molecule has 2 aliphatic heterocycles. The SMILES string of the molecule is N#Cc1nc(-c2ccco2)oc1N1CCC(C(=O)N2CCN(Cc3cccnc3)CC2)CC1. The zero-order chi connectivity index (χ0) is 22.6. The molecule has 2 saturated heterocycles. The number of nitrogens with zero attached hydrogens (tertiary/aromatic N) is 6. The maximum atomic E-state index is 13.1. The number of nitriles is 1. The van der Waals surface area contributed by atoms with Crippen LogP contribution in [0.25, 0.3) is 11.7 Å². The van der Waals surface area contributed by atoms with Gasteiger partial charge in [0.2, 0.25) is 17.5 Å². The lowest BCUT2D eigenvalue weighted by atomic mass is 9.95. The zero-order valence-corrected chi connectivity index (χ0v) is 18.4. The Balaban J connectivity index is 1.14. The second-order valence-electron chi connectivity index (χ2n) is 8.49. The maximum absolute atomic E-state index is 13.1. The highest BCUT2D eigenvalue weighted by molar-refractivity contribution is 5.79. The molecule has 1 amide bonds. The normalized spacial score (nSPS) is 17.8. The summed E-state index contributed by atoms with van der Waals surface area (Å²) in [6, 6.07) is 9.65. The van der Waals surface area contributed by atoms with Gasteiger partial charge in [-0.05, 0) is 36.6 Å². The van der Waals surface area contributed by atoms with Crippen LogP contribution in [-0.4, -0.2) is 64.9 Å². The Morgan fingerprint density at radius 1 is 1.12 bits per heavy atom. The van der Waals surface area contributed by atoms with E-state index < -0.39 is 0 Å². The van der Waals surface area contributed by atoms with E-state index in [1.165, 1.54) is 5.56 Å². The van der Waals surface area contributed by atoms with Gasteiger partial charge in [-0.1, -0.05) is 6.07 Å². The third-order valence-corrected chi connectivity index (χ3v) is 6.39. The van der Waals surface area contributed by atoms with Crippen molar-refractivity contribution in [1.29, 1.82) is 5.26 Å². The van der Waals surface area contributed by atoms with Gasteiger partial charge in [-0.15, -0.1) is 0 Å². The molecule has 2 aliphatic rings. The van der Waals surface area contributed by atoms with Gasteiger partial charge in [0.25, 0.3) is 5.89 Å². The fraction of sp³-hybridized carbons (Fsp3) is 0.417. The maximum Gasteiger partial charge on any atom is 0.266 e. The lowest BCUT2D eigenvalue weighted by Gasteiger charge is -2.38. The third-order valence-electron chi connectivity index (χ3n) is 6.39. The minimum atomic E-state index is 0.00382. The van der Waals surface area contributed by atoms with E-state index in [1.807, 2.05) is 22.1 Å². The van der Waals surface area contributed by atoms with E-state index in [9.17, 15) is 10.1 Å². The van der Waals surface area contributed by atoms with Gasteiger partial charge in [0.1, 0.15) is 6.07 Å². The number of piperidine rings is 1. The summed E-state index contributed by atoms with van der Waals surface area (Å²) in [5.41, 5.74) is 1.44. The van der Waals surface area contributed by atoms with Gasteiger partial charge < -0.3 is 18.6 Å². The molecule has 9 nitrogen and oxygen atoms in total. The molecule has 0 spiro atoms. The average Bonchev–Trinajstić information content (AvgIpc) is 3.55. The number of hydrogen-bond acceptors (Lipinski definition) is 8. The van der Waals surface area contributed by atoms with Crippen LogP contribution in [0.5, 0.6) is 0 Å². The molecule has 9 heteroatoms. The molecule has 5 rings (SSSR count). The molecule has 3 aromatic heterocycles. The minimum absolute atomic E-state index is 0.00382. The van der Waals surface area contributed by atoms with Crippen molar-refractivity contribution < 1.29 is 13.6 Å². The lowest BCUT2D eigenvalue weighted by molar-refractivity contribution is -0.138. The number of rotatable bonds is 5. The topological polar surface area (TPSA) is 103 Å². The number of oxazole rings is 1. The van der Waals surface area contributed by atoms with Crippen molar-refractivity contribution in [3.8, 4) is 17.7 Å². The molecule has 0 radical (unpaired) electrons. The van der Waals surface area contributed by atoms with Crippen LogP contribution in [0, 0.1) is 17.2 Å². The molecule has 0 aromatic carbocycles. The summed E-state index contributed by atoms with van der Waals surface area (Å²) in [6.45, 7) is 5.43. The van der Waals surface area contributed by atoms with E-state index in [1.54, 1.807) is 24.6 Å². The van der Waals surface area contributed by atoms with Crippen molar-refractivity contribution >= 4 is 11.8 Å². The first-order chi connectivity index (χ1) is 16.2. The van der Waals surface area contributed by atoms with Crippen molar-refractivity contribution in [3.63, 3.8) is 0 Å². The molecule has 0 saturated carbocycles. The van der Waals surface area contributed by atoms with Gasteiger partial charge in [-0.2, -0.15) is 10.2 Å². The van der Waals surface area contributed by atoms with Crippen molar-refractivity contribution in [2.75, 3.05) is 44.2 Å². The molecule has 3 aromatic rings. The van der Waals surface area contributed by atoms with Crippen molar-refractivity contribution in [2.45, 2.75) is 19.4 Å². The smallest absolute Gasteiger partial charge is 0.266 e. The predicted octanol–water partition coefficient (Wildman–Crippen LogP) is 2.76. The van der Waals surface area contributed by atoms with Crippen LogP contribution in [0.4, 0.5) is 5.88 Å². The molecule has 33 heavy (non-hydrogen) atoms. The second kappa shape index (κ2) is 9.46. The predicted molar refractivity (Wildman–Crippen MR) is 120 cm³/mol. The summed E-state index contributed by atoms with van der Waals surface area (Å²) < 4.78 is 11.2. The molecule has 0 bridgehead atoms. The molecule has 0 unspecified atom stereocenters. The summed E-state index contributed by atoms with van der Waals surface area (Å²) in [7, 11) is 0. The summed E-state index contributed by atoms with van der Waals surface area (Å²) >= 11 is 0. The Hall–Kier alpha value is -3.64. The number of anilines is 1. The molecule has 0 N–H and O–H groups in total. The summed E-state index contributed by atoms with van der Waals surface area (Å²) in [5.74, 6) is 1.49. The van der Waals surface area contributed by atoms with Crippen molar-refractivity contribution in [2.24, 2.45) is 5.92 Å². The van der Waals surface area contributed by atoms with E-state index >= 15 is 0 Å². The van der Waals surface area contributed by atoms with Crippen LogP contribution in [0.1, 0.15) is 24.1 Å². The monoisotopic (exact) mass is 446 g/mol. The van der Waals surface area contributed by atoms with E-state index in [0.29, 0.717) is 30.6 Å². The van der Waals surface area contributed by atoms with Gasteiger partial charge in [-0.25, -0.2) is 0 Å². The summed E-state index contributed by atoms with van der Waals surface area (Å²) in [5, 5.41) is 9.49. The number of furan rings is 1. The molecular formula is C24H26N6O3. The van der Waals surface area contributed by atoms with Crippen molar-refractivity contribution in [3.05, 3.63) is 54.2 Å². The number of hydrogen-bond donors (Lipinski definition) is 0. The Morgan fingerprint density at radius 2 is 1.94 bits per heavy atom. The molecule has 0 aliphatic carbocycles. The highest BCUT2D eigenvalue weighted by atomic mass is 16.4. The fourth-order valence-corrected chi connectivity index (χ4v) is 4.57. The molecule has 170 valence electrons. The highest BCUT2D eigenvalue weighted by Gasteiger charge is 2.32. The van der Waals surface area contributed by atoms with Crippen molar-refractivity contribution in [1.82, 2.24) is 19.8 Å². The molecular weight excluding hydrogens is 420 g/mol. The van der Waals surface area contributed by atoms with E-state index in [4.69, 9.17) is 8.83 Å². The number of carbonyl (C=O) groups is 1. The first-order valence-electron chi connectivity index (χ1n) is 11.3. The number of pyridine rings is 1. The number of carbonyl (C=O) groups excluding carboxylic acids is 1. The first-order valence-corrected chi connectivity index (χ1v) is 11.3. The number of piperazine rings is 1. The summed E-state index contributed by atoms with van der Waals surface area (Å²) in [6.07, 6.45) is 6.69. The number of amides is 1. The Labute approximate surface area is 192 Å². The highest BCUT2D eigenvalue weighted by Crippen LogP contribution is 2.31. The standard InChI is InChI=1S/C24H26N6O3/c25-15-20-24(33-22(27-20)21-4-2-14-32-21)30-8-5-19(6-9-30)23(31)29-12-10-28(11-13-29)17-18-3-1-7-26-16-18/h1-4,7,14,16,19H,5-6,8-13,17H2. The first kappa shape index (κ1) is 21.2. The lowest BCUT2D eigenvalue weighted by Crippen LogP contribution is -2.51. The Morgan fingerprint density at radius 3 is 2.61 bits per heavy atom. The van der Waals surface area contributed by atoms with E-state index in [0.717, 1.165) is 45.6 Å².